The molecule has 0 atom stereocenters. The molecule has 1 aliphatic rings. The summed E-state index contributed by atoms with van der Waals surface area (Å²) in [4.78, 5) is 18.3. The number of ether oxygens (including phenoxy) is 1. The summed E-state index contributed by atoms with van der Waals surface area (Å²) < 4.78 is 7.44. The Bertz CT molecular complexity index is 1530. The normalized spacial score (nSPS) is 14.6. The van der Waals surface area contributed by atoms with E-state index in [0.717, 1.165) is 57.1 Å². The number of para-hydroxylation sites is 1. The van der Waals surface area contributed by atoms with Gasteiger partial charge in [-0.1, -0.05) is 67.8 Å². The molecule has 3 aromatic heterocycles. The van der Waals surface area contributed by atoms with Gasteiger partial charge in [0.15, 0.2) is 0 Å². The van der Waals surface area contributed by atoms with Crippen LogP contribution in [0.2, 0.25) is 0 Å². The first-order chi connectivity index (χ1) is 16.7. The molecule has 0 unspecified atom stereocenters. The molecule has 1 saturated carbocycles. The lowest BCUT2D eigenvalue weighted by atomic mass is 9.95. The maximum atomic E-state index is 13.3. The van der Waals surface area contributed by atoms with Gasteiger partial charge >= 0.3 is 5.97 Å². The summed E-state index contributed by atoms with van der Waals surface area (Å²) in [6.45, 7) is 0. The summed E-state index contributed by atoms with van der Waals surface area (Å²) in [7, 11) is 1.45. The maximum absolute atomic E-state index is 13.3. The first kappa shape index (κ1) is 20.7. The van der Waals surface area contributed by atoms with E-state index in [0.29, 0.717) is 11.6 Å². The van der Waals surface area contributed by atoms with Crippen LogP contribution in [0.5, 0.6) is 0 Å². The summed E-state index contributed by atoms with van der Waals surface area (Å²) in [5.41, 5.74) is 4.91. The van der Waals surface area contributed by atoms with E-state index in [1.165, 1.54) is 26.4 Å². The molecule has 0 aliphatic heterocycles. The van der Waals surface area contributed by atoms with Gasteiger partial charge in [-0.3, -0.25) is 0 Å². The molecule has 0 amide bonds. The van der Waals surface area contributed by atoms with E-state index in [2.05, 4.69) is 40.0 Å². The number of esters is 1. The van der Waals surface area contributed by atoms with Crippen LogP contribution in [-0.4, -0.2) is 28.5 Å². The molecule has 3 heterocycles. The lowest BCUT2D eigenvalue weighted by molar-refractivity contribution is 0.0604. The summed E-state index contributed by atoms with van der Waals surface area (Å²) in [5.74, 6) is -0.334. The van der Waals surface area contributed by atoms with Crippen LogP contribution in [0.15, 0.2) is 72.9 Å². The Morgan fingerprint density at radius 3 is 2.53 bits per heavy atom. The number of pyridine rings is 2. The molecule has 1 fully saturated rings. The van der Waals surface area contributed by atoms with Crippen molar-refractivity contribution in [1.82, 2.24) is 9.38 Å². The van der Waals surface area contributed by atoms with Crippen molar-refractivity contribution in [3.05, 3.63) is 78.5 Å². The number of nitrogens with zero attached hydrogens (tertiary/aromatic N) is 2. The number of fused-ring (bicyclic) bond motifs is 4. The van der Waals surface area contributed by atoms with E-state index in [1.807, 2.05) is 42.6 Å². The van der Waals surface area contributed by atoms with Crippen LogP contribution >= 0.6 is 0 Å². The van der Waals surface area contributed by atoms with Crippen molar-refractivity contribution in [2.24, 2.45) is 0 Å². The molecule has 0 bridgehead atoms. The number of methoxy groups -OCH3 is 1. The predicted molar refractivity (Wildman–Crippen MR) is 137 cm³/mol. The van der Waals surface area contributed by atoms with E-state index in [9.17, 15) is 4.79 Å². The van der Waals surface area contributed by atoms with Crippen molar-refractivity contribution in [3.63, 3.8) is 0 Å². The van der Waals surface area contributed by atoms with E-state index < -0.39 is 0 Å². The molecule has 170 valence electrons. The van der Waals surface area contributed by atoms with E-state index in [-0.39, 0.29) is 5.97 Å². The van der Waals surface area contributed by atoms with E-state index in [1.54, 1.807) is 0 Å². The minimum atomic E-state index is -0.334. The number of carbonyl (C=O) groups excluding carboxylic acids is 1. The largest absolute Gasteiger partial charge is 0.465 e. The fraction of sp³-hybridized carbons (Fsp3) is 0.241. The fourth-order valence-corrected chi connectivity index (χ4v) is 5.36. The van der Waals surface area contributed by atoms with Gasteiger partial charge in [-0.15, -0.1) is 0 Å². The highest BCUT2D eigenvalue weighted by Crippen LogP contribution is 2.41. The van der Waals surface area contributed by atoms with Gasteiger partial charge in [-0.05, 0) is 36.4 Å². The Hall–Kier alpha value is -3.86. The molecule has 0 spiro atoms. The van der Waals surface area contributed by atoms with Crippen LogP contribution in [0.4, 0.5) is 5.69 Å². The van der Waals surface area contributed by atoms with Gasteiger partial charge in [0.25, 0.3) is 0 Å². The summed E-state index contributed by atoms with van der Waals surface area (Å²) in [6, 6.07) is 22.9. The molecule has 5 aromatic rings. The number of rotatable bonds is 4. The maximum Gasteiger partial charge on any atom is 0.342 e. The SMILES string of the molecule is COC(=O)c1c(NC2CCCCC2)c(-c2ccc3ccccc3n2)n2ccc3ccccc3c12. The molecule has 5 nitrogen and oxygen atoms in total. The molecule has 1 aliphatic carbocycles. The topological polar surface area (TPSA) is 55.6 Å². The van der Waals surface area contributed by atoms with Gasteiger partial charge in [0.2, 0.25) is 0 Å². The van der Waals surface area contributed by atoms with Gasteiger partial charge in [-0.2, -0.15) is 0 Å². The number of carbonyl (C=O) groups is 1. The van der Waals surface area contributed by atoms with Gasteiger partial charge in [0, 0.05) is 23.0 Å². The molecule has 6 rings (SSSR count). The van der Waals surface area contributed by atoms with Crippen molar-refractivity contribution < 1.29 is 9.53 Å². The van der Waals surface area contributed by atoms with Crippen LogP contribution in [0.25, 0.3) is 38.6 Å². The second kappa shape index (κ2) is 8.49. The van der Waals surface area contributed by atoms with Crippen LogP contribution in [-0.2, 0) is 4.74 Å². The fourth-order valence-electron chi connectivity index (χ4n) is 5.36. The van der Waals surface area contributed by atoms with Gasteiger partial charge in [0.1, 0.15) is 5.56 Å². The molecule has 1 N–H and O–H groups in total. The van der Waals surface area contributed by atoms with Gasteiger partial charge in [0.05, 0.1) is 35.2 Å². The average Bonchev–Trinajstić information content (AvgIpc) is 3.22. The van der Waals surface area contributed by atoms with Crippen LogP contribution in [0.1, 0.15) is 42.5 Å². The highest BCUT2D eigenvalue weighted by atomic mass is 16.5. The third-order valence-corrected chi connectivity index (χ3v) is 7.01. The van der Waals surface area contributed by atoms with E-state index in [4.69, 9.17) is 9.72 Å². The summed E-state index contributed by atoms with van der Waals surface area (Å²) >= 11 is 0. The summed E-state index contributed by atoms with van der Waals surface area (Å²) in [5, 5.41) is 6.96. The third kappa shape index (κ3) is 3.39. The lowest BCUT2D eigenvalue weighted by Gasteiger charge is -2.24. The number of benzene rings is 2. The zero-order chi connectivity index (χ0) is 23.1. The zero-order valence-corrected chi connectivity index (χ0v) is 19.3. The predicted octanol–water partition coefficient (Wildman–Crippen LogP) is 6.84. The first-order valence-electron chi connectivity index (χ1n) is 12.0. The standard InChI is InChI=1S/C29H27N3O2/c1-34-29(33)25-26(30-21-11-3-2-4-12-21)28(24-16-15-20-10-6-8-14-23(20)31-24)32-18-17-19-9-5-7-13-22(19)27(25)32/h5-10,13-18,21,30H,2-4,11-12H2,1H3. The van der Waals surface area contributed by atoms with Crippen molar-refractivity contribution in [2.45, 2.75) is 38.1 Å². The Morgan fingerprint density at radius 1 is 0.941 bits per heavy atom. The molecule has 0 radical (unpaired) electrons. The Labute approximate surface area is 198 Å². The number of aromatic nitrogens is 2. The zero-order valence-electron chi connectivity index (χ0n) is 19.3. The van der Waals surface area contributed by atoms with Crippen molar-refractivity contribution >= 4 is 38.8 Å². The highest BCUT2D eigenvalue weighted by Gasteiger charge is 2.29. The molecule has 2 aromatic carbocycles. The second-order valence-corrected chi connectivity index (χ2v) is 9.08. The quantitative estimate of drug-likeness (QED) is 0.305. The van der Waals surface area contributed by atoms with Crippen molar-refractivity contribution in [3.8, 4) is 11.4 Å². The molecular weight excluding hydrogens is 422 g/mol. The Balaban J connectivity index is 1.69. The number of hydrogen-bond acceptors (Lipinski definition) is 4. The van der Waals surface area contributed by atoms with Crippen molar-refractivity contribution in [1.29, 1.82) is 0 Å². The number of anilines is 1. The molecule has 0 saturated heterocycles. The first-order valence-corrected chi connectivity index (χ1v) is 12.0. The Kier molecular flexibility index (Phi) is 5.17. The number of nitrogens with one attached hydrogen (secondary N) is 1. The van der Waals surface area contributed by atoms with Crippen LogP contribution < -0.4 is 5.32 Å². The summed E-state index contributed by atoms with van der Waals surface area (Å²) in [6.07, 6.45) is 7.90. The molecule has 5 heteroatoms. The van der Waals surface area contributed by atoms with Gasteiger partial charge in [-0.25, -0.2) is 9.78 Å². The molecular formula is C29H27N3O2. The minimum Gasteiger partial charge on any atom is -0.465 e. The van der Waals surface area contributed by atoms with Gasteiger partial charge < -0.3 is 14.5 Å². The average molecular weight is 450 g/mol. The second-order valence-electron chi connectivity index (χ2n) is 9.08. The smallest absolute Gasteiger partial charge is 0.342 e. The number of hydrogen-bond donors (Lipinski definition) is 1. The Morgan fingerprint density at radius 2 is 1.71 bits per heavy atom. The molecule has 34 heavy (non-hydrogen) atoms. The lowest BCUT2D eigenvalue weighted by Crippen LogP contribution is -2.23. The van der Waals surface area contributed by atoms with Crippen LogP contribution in [0.3, 0.4) is 0 Å². The van der Waals surface area contributed by atoms with Crippen molar-refractivity contribution in [2.75, 3.05) is 12.4 Å². The minimum absolute atomic E-state index is 0.319. The highest BCUT2D eigenvalue weighted by molar-refractivity contribution is 6.15. The van der Waals surface area contributed by atoms with E-state index >= 15 is 0 Å². The van der Waals surface area contributed by atoms with Crippen LogP contribution in [0, 0.1) is 0 Å². The third-order valence-electron chi connectivity index (χ3n) is 7.01. The monoisotopic (exact) mass is 449 g/mol.